The molecule has 11 nitrogen and oxygen atoms in total. The number of likely N-dealkylation sites (tertiary alicyclic amines) is 1. The fourth-order valence-corrected chi connectivity index (χ4v) is 6.47. The van der Waals surface area contributed by atoms with Crippen LogP contribution < -0.4 is 16.8 Å². The molecule has 0 saturated carbocycles. The molecule has 0 spiro atoms. The van der Waals surface area contributed by atoms with Crippen LogP contribution in [0.5, 0.6) is 0 Å². The lowest BCUT2D eigenvalue weighted by Crippen LogP contribution is -2.63. The minimum absolute atomic E-state index is 0.00864. The molecule has 4 aliphatic heterocycles. The summed E-state index contributed by atoms with van der Waals surface area (Å²) in [6.07, 6.45) is -0.265. The van der Waals surface area contributed by atoms with Crippen molar-refractivity contribution in [1.29, 1.82) is 0 Å². The van der Waals surface area contributed by atoms with Gasteiger partial charge in [-0.3, -0.25) is 9.59 Å². The number of carbonyl (C=O) groups excluding carboxylic acids is 2. The number of hydrogen-bond donors (Lipinski definition) is 5. The number of aliphatic hydroxyl groups excluding tert-OH is 1. The number of β-lactam (4-membered cyclic amide) rings is 1. The number of aliphatic hydroxyl groups is 1. The maximum atomic E-state index is 12.7. The Hall–Kier alpha value is -2.31. The number of thioether (sulfide) groups is 1. The lowest BCUT2D eigenvalue weighted by molar-refractivity contribution is -0.163. The molecule has 0 aromatic rings. The van der Waals surface area contributed by atoms with E-state index in [1.54, 1.807) is 11.8 Å². The summed E-state index contributed by atoms with van der Waals surface area (Å²) in [6.45, 7) is 4.98. The third-order valence-corrected chi connectivity index (χ3v) is 8.01. The van der Waals surface area contributed by atoms with Crippen molar-refractivity contribution in [1.82, 2.24) is 15.1 Å². The SMILES string of the molecule is CC(O)[C@H]1C(=O)N2C(C(=O)O)=C(S[C@@H]3CN[C@H](C(=O)N4CC(N=C(N)N)C4)C3)[C@H](C)[C@H]12. The van der Waals surface area contributed by atoms with Gasteiger partial charge in [0.2, 0.25) is 11.8 Å². The Morgan fingerprint density at radius 3 is 2.58 bits per heavy atom. The van der Waals surface area contributed by atoms with Crippen LogP contribution in [0.2, 0.25) is 0 Å². The average molecular weight is 453 g/mol. The molecule has 1 unspecified atom stereocenters. The van der Waals surface area contributed by atoms with Crippen LogP contribution in [-0.2, 0) is 14.4 Å². The zero-order valence-electron chi connectivity index (χ0n) is 17.4. The van der Waals surface area contributed by atoms with E-state index in [1.807, 2.05) is 6.92 Å². The second-order valence-electron chi connectivity index (χ2n) is 8.66. The Morgan fingerprint density at radius 1 is 1.32 bits per heavy atom. The van der Waals surface area contributed by atoms with Gasteiger partial charge in [0.1, 0.15) is 5.70 Å². The van der Waals surface area contributed by atoms with Gasteiger partial charge in [-0.15, -0.1) is 11.8 Å². The Morgan fingerprint density at radius 2 is 2.00 bits per heavy atom. The van der Waals surface area contributed by atoms with Crippen LogP contribution in [0.3, 0.4) is 0 Å². The molecule has 0 aromatic heterocycles. The fourth-order valence-electron chi connectivity index (χ4n) is 4.99. The highest BCUT2D eigenvalue weighted by molar-refractivity contribution is 8.03. The first-order valence-electron chi connectivity index (χ1n) is 10.4. The highest BCUT2D eigenvalue weighted by Crippen LogP contribution is 2.51. The van der Waals surface area contributed by atoms with Crippen molar-refractivity contribution in [3.63, 3.8) is 0 Å². The van der Waals surface area contributed by atoms with Gasteiger partial charge in [-0.25, -0.2) is 9.79 Å². The van der Waals surface area contributed by atoms with Crippen LogP contribution in [-0.4, -0.2) is 92.9 Å². The molecule has 2 amide bonds. The lowest BCUT2D eigenvalue weighted by atomic mass is 9.79. The van der Waals surface area contributed by atoms with Gasteiger partial charge < -0.3 is 36.8 Å². The third-order valence-electron chi connectivity index (χ3n) is 6.50. The van der Waals surface area contributed by atoms with E-state index in [4.69, 9.17) is 11.5 Å². The molecule has 6 atom stereocenters. The third kappa shape index (κ3) is 3.66. The van der Waals surface area contributed by atoms with E-state index in [-0.39, 0.29) is 52.8 Å². The molecule has 31 heavy (non-hydrogen) atoms. The normalized spacial score (nSPS) is 33.6. The average Bonchev–Trinajstić information content (AvgIpc) is 3.19. The van der Waals surface area contributed by atoms with E-state index >= 15 is 0 Å². The van der Waals surface area contributed by atoms with Crippen LogP contribution in [0.4, 0.5) is 0 Å². The summed E-state index contributed by atoms with van der Waals surface area (Å²) < 4.78 is 0. The maximum absolute atomic E-state index is 12.7. The summed E-state index contributed by atoms with van der Waals surface area (Å²) in [7, 11) is 0. The van der Waals surface area contributed by atoms with Crippen molar-refractivity contribution in [2.24, 2.45) is 28.3 Å². The van der Waals surface area contributed by atoms with Gasteiger partial charge in [-0.1, -0.05) is 6.92 Å². The minimum atomic E-state index is -1.14. The number of guanidine groups is 1. The van der Waals surface area contributed by atoms with Crippen molar-refractivity contribution >= 4 is 35.5 Å². The Kier molecular flexibility index (Phi) is 5.64. The summed E-state index contributed by atoms with van der Waals surface area (Å²) in [5.41, 5.74) is 10.8. The molecule has 170 valence electrons. The molecule has 4 heterocycles. The molecular weight excluding hydrogens is 424 g/mol. The molecule has 7 N–H and O–H groups in total. The van der Waals surface area contributed by atoms with Gasteiger partial charge in [-0.05, 0) is 13.3 Å². The number of nitrogens with two attached hydrogens (primary N) is 2. The largest absolute Gasteiger partial charge is 0.477 e. The van der Waals surface area contributed by atoms with E-state index in [2.05, 4.69) is 10.3 Å². The molecule has 4 aliphatic rings. The van der Waals surface area contributed by atoms with Crippen LogP contribution >= 0.6 is 11.8 Å². The molecule has 3 fully saturated rings. The van der Waals surface area contributed by atoms with Crippen molar-refractivity contribution in [2.75, 3.05) is 19.6 Å². The van der Waals surface area contributed by atoms with Crippen molar-refractivity contribution in [3.8, 4) is 0 Å². The Balaban J connectivity index is 1.40. The van der Waals surface area contributed by atoms with Crippen molar-refractivity contribution < 1.29 is 24.6 Å². The first-order chi connectivity index (χ1) is 14.6. The van der Waals surface area contributed by atoms with Gasteiger partial charge in [0.25, 0.3) is 0 Å². The lowest BCUT2D eigenvalue weighted by Gasteiger charge is -2.46. The number of nitrogens with zero attached hydrogens (tertiary/aromatic N) is 3. The van der Waals surface area contributed by atoms with E-state index in [9.17, 15) is 24.6 Å². The van der Waals surface area contributed by atoms with E-state index in [0.29, 0.717) is 31.0 Å². The number of fused-ring (bicyclic) bond motifs is 1. The molecule has 3 saturated heterocycles. The van der Waals surface area contributed by atoms with E-state index < -0.39 is 18.0 Å². The van der Waals surface area contributed by atoms with Gasteiger partial charge in [0.15, 0.2) is 5.96 Å². The zero-order valence-corrected chi connectivity index (χ0v) is 18.2. The maximum Gasteiger partial charge on any atom is 0.353 e. The second-order valence-corrected chi connectivity index (χ2v) is 10.0. The summed E-state index contributed by atoms with van der Waals surface area (Å²) in [4.78, 5) is 44.8. The van der Waals surface area contributed by atoms with Crippen molar-refractivity contribution in [2.45, 2.75) is 49.7 Å². The predicted molar refractivity (Wildman–Crippen MR) is 114 cm³/mol. The quantitative estimate of drug-likeness (QED) is 0.175. The van der Waals surface area contributed by atoms with Crippen LogP contribution in [0.1, 0.15) is 20.3 Å². The monoisotopic (exact) mass is 452 g/mol. The number of carboxylic acids is 1. The van der Waals surface area contributed by atoms with Gasteiger partial charge in [0.05, 0.1) is 30.1 Å². The van der Waals surface area contributed by atoms with Crippen molar-refractivity contribution in [3.05, 3.63) is 10.6 Å². The minimum Gasteiger partial charge on any atom is -0.477 e. The second kappa shape index (κ2) is 7.99. The standard InChI is InChI=1S/C19H28N6O5S/c1-7-13-12(8(2)26)17(28)25(13)14(18(29)30)15(7)31-10-3-11(22-4-10)16(27)24-5-9(6-24)23-19(20)21/h7-13,22,26H,3-6H2,1-2H3,(H,29,30)(H4,20,21,23)/t7-,8?,10+,11+,12-,13-/m1/s1. The zero-order chi connectivity index (χ0) is 22.6. The molecule has 0 radical (unpaired) electrons. The number of aliphatic imine (C=N–C) groups is 1. The fraction of sp³-hybridized carbons (Fsp3) is 0.684. The Labute approximate surface area is 183 Å². The molecular formula is C19H28N6O5S. The number of carboxylic acid groups (broad SMARTS) is 1. The van der Waals surface area contributed by atoms with E-state index in [0.717, 1.165) is 0 Å². The number of aliphatic carboxylic acids is 1. The number of hydrogen-bond acceptors (Lipinski definition) is 7. The summed E-state index contributed by atoms with van der Waals surface area (Å²) in [5, 5.41) is 22.9. The van der Waals surface area contributed by atoms with Crippen LogP contribution in [0, 0.1) is 11.8 Å². The smallest absolute Gasteiger partial charge is 0.353 e. The molecule has 4 rings (SSSR count). The van der Waals surface area contributed by atoms with Gasteiger partial charge in [-0.2, -0.15) is 0 Å². The number of amides is 2. The highest BCUT2D eigenvalue weighted by Gasteiger charge is 2.60. The Bertz CT molecular complexity index is 866. The molecule has 0 bridgehead atoms. The van der Waals surface area contributed by atoms with E-state index in [1.165, 1.54) is 16.7 Å². The predicted octanol–water partition coefficient (Wildman–Crippen LogP) is -1.91. The van der Waals surface area contributed by atoms with Crippen LogP contribution in [0.25, 0.3) is 0 Å². The van der Waals surface area contributed by atoms with Gasteiger partial charge >= 0.3 is 5.97 Å². The number of nitrogens with one attached hydrogen (secondary N) is 1. The first-order valence-corrected chi connectivity index (χ1v) is 11.2. The summed E-state index contributed by atoms with van der Waals surface area (Å²) >= 11 is 1.43. The first kappa shape index (κ1) is 21.9. The molecule has 0 aliphatic carbocycles. The molecule has 12 heteroatoms. The number of rotatable bonds is 6. The highest BCUT2D eigenvalue weighted by atomic mass is 32.2. The van der Waals surface area contributed by atoms with Gasteiger partial charge in [0, 0.05) is 35.7 Å². The molecule has 0 aromatic carbocycles. The summed E-state index contributed by atoms with van der Waals surface area (Å²) in [5.74, 6) is -2.24. The number of carbonyl (C=O) groups is 3. The topological polar surface area (TPSA) is 175 Å². The summed E-state index contributed by atoms with van der Waals surface area (Å²) in [6, 6.07) is -0.736. The van der Waals surface area contributed by atoms with Crippen LogP contribution in [0.15, 0.2) is 15.6 Å².